The van der Waals surface area contributed by atoms with E-state index in [9.17, 15) is 9.59 Å². The monoisotopic (exact) mass is 486 g/mol. The first-order valence-corrected chi connectivity index (χ1v) is 12.2. The van der Waals surface area contributed by atoms with Gasteiger partial charge in [0, 0.05) is 41.3 Å². The van der Waals surface area contributed by atoms with Gasteiger partial charge in [-0.3, -0.25) is 9.59 Å². The van der Waals surface area contributed by atoms with Gasteiger partial charge in [0.05, 0.1) is 11.0 Å². The molecule has 1 aliphatic heterocycles. The number of hydrogen-bond donors (Lipinski definition) is 0. The van der Waals surface area contributed by atoms with Crippen LogP contribution in [0.2, 0.25) is 5.02 Å². The molecule has 3 aromatic carbocycles. The molecule has 1 unspecified atom stereocenters. The van der Waals surface area contributed by atoms with Crippen molar-refractivity contribution in [2.24, 2.45) is 0 Å². The number of fused-ring (bicyclic) bond motifs is 1. The van der Waals surface area contributed by atoms with Crippen molar-refractivity contribution in [2.75, 3.05) is 16.3 Å². The first kappa shape index (κ1) is 23.1. The molecule has 0 aliphatic carbocycles. The van der Waals surface area contributed by atoms with E-state index in [1.54, 1.807) is 17.0 Å². The van der Waals surface area contributed by atoms with Crippen LogP contribution in [0.25, 0.3) is 11.0 Å². The Morgan fingerprint density at radius 1 is 1.03 bits per heavy atom. The lowest BCUT2D eigenvalue weighted by atomic mass is 10.1. The van der Waals surface area contributed by atoms with Gasteiger partial charge in [0.2, 0.25) is 11.8 Å². The van der Waals surface area contributed by atoms with Crippen LogP contribution in [-0.4, -0.2) is 34.0 Å². The van der Waals surface area contributed by atoms with E-state index in [0.717, 1.165) is 28.2 Å². The maximum Gasteiger partial charge on any atom is 0.247 e. The summed E-state index contributed by atoms with van der Waals surface area (Å²) in [6, 6.07) is 24.8. The topological polar surface area (TPSA) is 58.4 Å². The number of nitrogens with zero attached hydrogens (tertiary/aromatic N) is 4. The van der Waals surface area contributed by atoms with Gasteiger partial charge in [-0.2, -0.15) is 0 Å². The van der Waals surface area contributed by atoms with Crippen molar-refractivity contribution in [2.45, 2.75) is 38.8 Å². The molecule has 1 aromatic heterocycles. The van der Waals surface area contributed by atoms with Crippen LogP contribution in [0.5, 0.6) is 0 Å². The summed E-state index contributed by atoms with van der Waals surface area (Å²) >= 11 is 6.03. The minimum Gasteiger partial charge on any atom is -0.318 e. The van der Waals surface area contributed by atoms with E-state index < -0.39 is 0 Å². The van der Waals surface area contributed by atoms with Gasteiger partial charge in [-0.1, -0.05) is 41.9 Å². The van der Waals surface area contributed by atoms with Crippen molar-refractivity contribution in [1.82, 2.24) is 9.55 Å². The van der Waals surface area contributed by atoms with Crippen LogP contribution >= 0.6 is 11.6 Å². The summed E-state index contributed by atoms with van der Waals surface area (Å²) in [6.45, 7) is 4.67. The van der Waals surface area contributed by atoms with E-state index in [1.807, 2.05) is 90.0 Å². The molecule has 1 fully saturated rings. The Morgan fingerprint density at radius 3 is 2.43 bits per heavy atom. The molecular formula is C28H27ClN4O2. The molecule has 6 nitrogen and oxygen atoms in total. The van der Waals surface area contributed by atoms with Crippen LogP contribution in [0.1, 0.15) is 32.0 Å². The highest BCUT2D eigenvalue weighted by Gasteiger charge is 2.35. The van der Waals surface area contributed by atoms with Gasteiger partial charge in [0.15, 0.2) is 0 Å². The van der Waals surface area contributed by atoms with Crippen molar-refractivity contribution in [3.05, 3.63) is 89.7 Å². The van der Waals surface area contributed by atoms with Crippen LogP contribution in [0.4, 0.5) is 11.4 Å². The van der Waals surface area contributed by atoms with E-state index >= 15 is 0 Å². The largest absolute Gasteiger partial charge is 0.318 e. The van der Waals surface area contributed by atoms with Crippen molar-refractivity contribution >= 4 is 45.8 Å². The van der Waals surface area contributed by atoms with Gasteiger partial charge in [0.25, 0.3) is 0 Å². The van der Waals surface area contributed by atoms with E-state index in [2.05, 4.69) is 0 Å². The summed E-state index contributed by atoms with van der Waals surface area (Å²) in [5, 5.41) is 0.630. The Hall–Kier alpha value is -3.64. The summed E-state index contributed by atoms with van der Waals surface area (Å²) in [5.41, 5.74) is 3.40. The van der Waals surface area contributed by atoms with Gasteiger partial charge in [-0.05, 0) is 62.4 Å². The number of amides is 2. The summed E-state index contributed by atoms with van der Waals surface area (Å²) in [4.78, 5) is 35.1. The van der Waals surface area contributed by atoms with Gasteiger partial charge in [0.1, 0.15) is 12.4 Å². The summed E-state index contributed by atoms with van der Waals surface area (Å²) in [5.74, 6) is 0.661. The molecule has 35 heavy (non-hydrogen) atoms. The number of carbonyl (C=O) groups is 2. The number of imidazole rings is 1. The number of para-hydroxylation sites is 3. The highest BCUT2D eigenvalue weighted by Crippen LogP contribution is 2.34. The Bertz CT molecular complexity index is 1370. The molecule has 1 saturated heterocycles. The smallest absolute Gasteiger partial charge is 0.247 e. The van der Waals surface area contributed by atoms with Gasteiger partial charge >= 0.3 is 0 Å². The summed E-state index contributed by atoms with van der Waals surface area (Å²) in [6.07, 6.45) is 0.340. The van der Waals surface area contributed by atoms with Crippen LogP contribution in [0.3, 0.4) is 0 Å². The second-order valence-electron chi connectivity index (χ2n) is 9.12. The number of halogens is 1. The fourth-order valence-electron chi connectivity index (χ4n) is 4.85. The molecule has 5 rings (SSSR count). The van der Waals surface area contributed by atoms with Crippen molar-refractivity contribution in [1.29, 1.82) is 0 Å². The molecule has 0 bridgehead atoms. The van der Waals surface area contributed by atoms with Crippen molar-refractivity contribution < 1.29 is 9.59 Å². The molecule has 2 heterocycles. The second-order valence-corrected chi connectivity index (χ2v) is 9.56. The van der Waals surface area contributed by atoms with E-state index in [0.29, 0.717) is 18.0 Å². The normalized spacial score (nSPS) is 15.8. The number of benzene rings is 3. The Morgan fingerprint density at radius 2 is 1.71 bits per heavy atom. The average molecular weight is 487 g/mol. The minimum atomic E-state index is -0.123. The summed E-state index contributed by atoms with van der Waals surface area (Å²) < 4.78 is 1.99. The molecular weight excluding hydrogens is 460 g/mol. The lowest BCUT2D eigenvalue weighted by molar-refractivity contribution is -0.119. The maximum absolute atomic E-state index is 13.6. The Balaban J connectivity index is 1.49. The van der Waals surface area contributed by atoms with Gasteiger partial charge in [-0.15, -0.1) is 0 Å². The van der Waals surface area contributed by atoms with E-state index in [4.69, 9.17) is 16.6 Å². The first-order valence-electron chi connectivity index (χ1n) is 11.8. The number of hydrogen-bond acceptors (Lipinski definition) is 3. The summed E-state index contributed by atoms with van der Waals surface area (Å²) in [7, 11) is 0. The lowest BCUT2D eigenvalue weighted by Gasteiger charge is -2.27. The highest BCUT2D eigenvalue weighted by atomic mass is 35.5. The van der Waals surface area contributed by atoms with Crippen LogP contribution < -0.4 is 9.80 Å². The molecule has 1 aliphatic rings. The van der Waals surface area contributed by atoms with E-state index in [1.165, 1.54) is 0 Å². The molecule has 7 heteroatoms. The zero-order valence-corrected chi connectivity index (χ0v) is 20.5. The van der Waals surface area contributed by atoms with Crippen LogP contribution in [0, 0.1) is 0 Å². The second kappa shape index (κ2) is 9.55. The average Bonchev–Trinajstić information content (AvgIpc) is 3.41. The van der Waals surface area contributed by atoms with Gasteiger partial charge in [-0.25, -0.2) is 4.98 Å². The highest BCUT2D eigenvalue weighted by molar-refractivity contribution is 6.30. The van der Waals surface area contributed by atoms with Crippen molar-refractivity contribution in [3.8, 4) is 0 Å². The third kappa shape index (κ3) is 4.54. The zero-order chi connectivity index (χ0) is 24.5. The third-order valence-electron chi connectivity index (χ3n) is 6.43. The molecule has 0 spiro atoms. The SMILES string of the molecule is CC(C)N(C(=O)Cn1c(C2CC(=O)N(c3ccc(Cl)cc3)C2)nc2ccccc21)c1ccccc1. The standard InChI is InChI=1S/C28H27ClN4O2/c1-19(2)33(23-8-4-3-5-9-23)27(35)18-32-25-11-7-6-10-24(25)30-28(32)20-16-26(34)31(17-20)22-14-12-21(29)13-15-22/h3-15,19-20H,16-18H2,1-2H3. The fourth-order valence-corrected chi connectivity index (χ4v) is 4.98. The molecule has 1 atom stereocenters. The maximum atomic E-state index is 13.6. The minimum absolute atomic E-state index is 0.00316. The van der Waals surface area contributed by atoms with Crippen LogP contribution in [-0.2, 0) is 16.1 Å². The lowest BCUT2D eigenvalue weighted by Crippen LogP contribution is -2.39. The molecule has 0 N–H and O–H groups in total. The fraction of sp³-hybridized carbons (Fsp3) is 0.250. The predicted octanol–water partition coefficient (Wildman–Crippen LogP) is 5.65. The quantitative estimate of drug-likeness (QED) is 0.354. The van der Waals surface area contributed by atoms with Crippen LogP contribution in [0.15, 0.2) is 78.9 Å². The Kier molecular flexibility index (Phi) is 6.31. The molecule has 0 saturated carbocycles. The first-order chi connectivity index (χ1) is 16.9. The van der Waals surface area contributed by atoms with E-state index in [-0.39, 0.29) is 30.3 Å². The number of anilines is 2. The third-order valence-corrected chi connectivity index (χ3v) is 6.68. The van der Waals surface area contributed by atoms with Crippen molar-refractivity contribution in [3.63, 3.8) is 0 Å². The number of rotatable bonds is 6. The molecule has 0 radical (unpaired) electrons. The number of aromatic nitrogens is 2. The van der Waals surface area contributed by atoms with Gasteiger partial charge < -0.3 is 14.4 Å². The zero-order valence-electron chi connectivity index (χ0n) is 19.8. The number of carbonyl (C=O) groups excluding carboxylic acids is 2. The predicted molar refractivity (Wildman–Crippen MR) is 140 cm³/mol. The molecule has 4 aromatic rings. The molecule has 2 amide bonds. The Labute approximate surface area is 209 Å². The molecule has 178 valence electrons.